The van der Waals surface area contributed by atoms with E-state index >= 15 is 0 Å². The number of fused-ring (bicyclic) bond motifs is 1. The molecule has 0 radical (unpaired) electrons. The van der Waals surface area contributed by atoms with Gasteiger partial charge in [-0.1, -0.05) is 25.5 Å². The highest BCUT2D eigenvalue weighted by molar-refractivity contribution is 5.24. The number of benzene rings is 1. The van der Waals surface area contributed by atoms with E-state index in [0.29, 0.717) is 17.4 Å². The Balaban J connectivity index is 1.62. The highest BCUT2D eigenvalue weighted by Gasteiger charge is 2.35. The van der Waals surface area contributed by atoms with E-state index in [1.54, 1.807) is 0 Å². The Kier molecular flexibility index (Phi) is 5.68. The first-order valence-electron chi connectivity index (χ1n) is 9.39. The topological polar surface area (TPSA) is 0 Å². The molecule has 4 atom stereocenters. The summed E-state index contributed by atoms with van der Waals surface area (Å²) < 4.78 is 40.2. The molecule has 0 spiro atoms. The van der Waals surface area contributed by atoms with Crippen LogP contribution in [0.5, 0.6) is 0 Å². The molecule has 2 aliphatic rings. The van der Waals surface area contributed by atoms with Crippen LogP contribution in [0.15, 0.2) is 24.3 Å². The summed E-state index contributed by atoms with van der Waals surface area (Å²) in [7, 11) is 0. The first kappa shape index (κ1) is 17.6. The van der Waals surface area contributed by atoms with Crippen LogP contribution < -0.4 is 0 Å². The third kappa shape index (κ3) is 3.87. The Morgan fingerprint density at radius 3 is 2.33 bits per heavy atom. The Bertz CT molecular complexity index is 570. The molecule has 4 unspecified atom stereocenters. The molecule has 0 heterocycles. The summed E-state index contributed by atoms with van der Waals surface area (Å²) in [5.74, 6) is -1.21. The lowest BCUT2D eigenvalue weighted by Gasteiger charge is -2.41. The summed E-state index contributed by atoms with van der Waals surface area (Å²) in [6.45, 7) is 2.20. The van der Waals surface area contributed by atoms with Gasteiger partial charge in [-0.25, -0.2) is 13.2 Å². The number of hydrogen-bond donors (Lipinski definition) is 0. The van der Waals surface area contributed by atoms with Crippen molar-refractivity contribution >= 4 is 0 Å². The maximum Gasteiger partial charge on any atom is 0.194 e. The van der Waals surface area contributed by atoms with Crippen LogP contribution >= 0.6 is 0 Å². The summed E-state index contributed by atoms with van der Waals surface area (Å²) in [5, 5.41) is 0. The number of halogens is 3. The molecule has 24 heavy (non-hydrogen) atoms. The summed E-state index contributed by atoms with van der Waals surface area (Å²) in [4.78, 5) is 0. The lowest BCUT2D eigenvalue weighted by molar-refractivity contribution is 0.133. The molecular formula is C21H27F3. The van der Waals surface area contributed by atoms with Gasteiger partial charge < -0.3 is 0 Å². The van der Waals surface area contributed by atoms with Gasteiger partial charge in [0.25, 0.3) is 0 Å². The standard InChI is InChI=1S/C21H27F3/c1-2-3-4-5-14-6-7-16-11-17(9-8-15(16)10-14)18-12-19(22)21(24)20(23)13-18/h4-5,12-17H,2-3,6-11H2,1H3/b5-4+. The van der Waals surface area contributed by atoms with Crippen molar-refractivity contribution in [2.75, 3.05) is 0 Å². The summed E-state index contributed by atoms with van der Waals surface area (Å²) in [5.41, 5.74) is 0.634. The van der Waals surface area contributed by atoms with Crippen molar-refractivity contribution in [1.29, 1.82) is 0 Å². The molecule has 0 aromatic heterocycles. The predicted octanol–water partition coefficient (Wildman–Crippen LogP) is 6.76. The fraction of sp³-hybridized carbons (Fsp3) is 0.619. The Labute approximate surface area is 143 Å². The van der Waals surface area contributed by atoms with Crippen molar-refractivity contribution in [2.24, 2.45) is 17.8 Å². The van der Waals surface area contributed by atoms with Gasteiger partial charge >= 0.3 is 0 Å². The molecule has 0 nitrogen and oxygen atoms in total. The molecule has 2 fully saturated rings. The largest absolute Gasteiger partial charge is 0.204 e. The molecule has 2 aliphatic carbocycles. The monoisotopic (exact) mass is 336 g/mol. The fourth-order valence-electron chi connectivity index (χ4n) is 4.67. The Hall–Kier alpha value is -1.25. The zero-order valence-electron chi connectivity index (χ0n) is 14.4. The third-order valence-corrected chi connectivity index (χ3v) is 5.99. The van der Waals surface area contributed by atoms with Gasteiger partial charge in [0, 0.05) is 0 Å². The van der Waals surface area contributed by atoms with Gasteiger partial charge in [0.1, 0.15) is 0 Å². The predicted molar refractivity (Wildman–Crippen MR) is 91.3 cm³/mol. The third-order valence-electron chi connectivity index (χ3n) is 5.99. The van der Waals surface area contributed by atoms with Gasteiger partial charge in [0.2, 0.25) is 0 Å². The average molecular weight is 336 g/mol. The SMILES string of the molecule is CCC/C=C/C1CCC2CC(c3cc(F)c(F)c(F)c3)CCC2C1. The highest BCUT2D eigenvalue weighted by Crippen LogP contribution is 2.48. The van der Waals surface area contributed by atoms with Crippen molar-refractivity contribution < 1.29 is 13.2 Å². The van der Waals surface area contributed by atoms with Gasteiger partial charge in [-0.15, -0.1) is 0 Å². The summed E-state index contributed by atoms with van der Waals surface area (Å²) in [6.07, 6.45) is 13.8. The number of unbranched alkanes of at least 4 members (excludes halogenated alkanes) is 1. The number of allylic oxidation sites excluding steroid dienone is 2. The van der Waals surface area contributed by atoms with Crippen molar-refractivity contribution in [3.63, 3.8) is 0 Å². The summed E-state index contributed by atoms with van der Waals surface area (Å²) in [6, 6.07) is 2.39. The van der Waals surface area contributed by atoms with Crippen LogP contribution in [0.2, 0.25) is 0 Å². The fourth-order valence-corrected chi connectivity index (χ4v) is 4.67. The van der Waals surface area contributed by atoms with Gasteiger partial charge in [-0.05, 0) is 86.3 Å². The molecule has 132 valence electrons. The molecule has 0 aliphatic heterocycles. The van der Waals surface area contributed by atoms with Crippen molar-refractivity contribution in [3.8, 4) is 0 Å². The van der Waals surface area contributed by atoms with E-state index in [4.69, 9.17) is 0 Å². The van der Waals surface area contributed by atoms with Crippen molar-refractivity contribution in [2.45, 2.75) is 64.2 Å². The molecule has 2 saturated carbocycles. The second kappa shape index (κ2) is 7.76. The van der Waals surface area contributed by atoms with Crippen LogP contribution in [0.1, 0.15) is 69.8 Å². The molecular weight excluding hydrogens is 309 g/mol. The minimum Gasteiger partial charge on any atom is -0.204 e. The number of rotatable bonds is 4. The van der Waals surface area contributed by atoms with Crippen molar-refractivity contribution in [3.05, 3.63) is 47.3 Å². The molecule has 1 aromatic rings. The van der Waals surface area contributed by atoms with E-state index in [2.05, 4.69) is 19.1 Å². The molecule has 0 bridgehead atoms. The molecule has 0 saturated heterocycles. The maximum atomic E-state index is 13.5. The molecule has 0 N–H and O–H groups in total. The summed E-state index contributed by atoms with van der Waals surface area (Å²) >= 11 is 0. The first-order chi connectivity index (χ1) is 11.6. The van der Waals surface area contributed by atoms with Crippen LogP contribution in [-0.4, -0.2) is 0 Å². The Morgan fingerprint density at radius 1 is 0.958 bits per heavy atom. The minimum atomic E-state index is -1.35. The molecule has 1 aromatic carbocycles. The van der Waals surface area contributed by atoms with Crippen LogP contribution in [0.25, 0.3) is 0 Å². The van der Waals surface area contributed by atoms with E-state index in [1.165, 1.54) is 37.8 Å². The number of hydrogen-bond acceptors (Lipinski definition) is 0. The lowest BCUT2D eigenvalue weighted by atomic mass is 9.64. The van der Waals surface area contributed by atoms with E-state index in [-0.39, 0.29) is 5.92 Å². The highest BCUT2D eigenvalue weighted by atomic mass is 19.2. The molecule has 0 amide bonds. The van der Waals surface area contributed by atoms with Crippen LogP contribution in [0.3, 0.4) is 0 Å². The van der Waals surface area contributed by atoms with Crippen LogP contribution in [-0.2, 0) is 0 Å². The van der Waals surface area contributed by atoms with Gasteiger partial charge in [-0.2, -0.15) is 0 Å². The molecule has 3 rings (SSSR count). The minimum absolute atomic E-state index is 0.169. The first-order valence-corrected chi connectivity index (χ1v) is 9.39. The second-order valence-electron chi connectivity index (χ2n) is 7.62. The van der Waals surface area contributed by atoms with E-state index in [1.807, 2.05) is 0 Å². The zero-order valence-corrected chi connectivity index (χ0v) is 14.4. The van der Waals surface area contributed by atoms with Gasteiger partial charge in [-0.3, -0.25) is 0 Å². The maximum absolute atomic E-state index is 13.5. The van der Waals surface area contributed by atoms with Crippen molar-refractivity contribution in [1.82, 2.24) is 0 Å². The van der Waals surface area contributed by atoms with Gasteiger partial charge in [0.05, 0.1) is 0 Å². The van der Waals surface area contributed by atoms with E-state index < -0.39 is 17.5 Å². The normalized spacial score (nSPS) is 30.5. The van der Waals surface area contributed by atoms with Gasteiger partial charge in [0.15, 0.2) is 17.5 Å². The smallest absolute Gasteiger partial charge is 0.194 e. The van der Waals surface area contributed by atoms with E-state index in [9.17, 15) is 13.2 Å². The lowest BCUT2D eigenvalue weighted by Crippen LogP contribution is -2.30. The molecule has 3 heteroatoms. The average Bonchev–Trinajstić information content (AvgIpc) is 2.59. The van der Waals surface area contributed by atoms with E-state index in [0.717, 1.165) is 31.6 Å². The van der Waals surface area contributed by atoms with Crippen LogP contribution in [0.4, 0.5) is 13.2 Å². The Morgan fingerprint density at radius 2 is 1.62 bits per heavy atom. The quantitative estimate of drug-likeness (QED) is 0.421. The van der Waals surface area contributed by atoms with Crippen LogP contribution in [0, 0.1) is 35.2 Å². The zero-order chi connectivity index (χ0) is 17.1. The second-order valence-corrected chi connectivity index (χ2v) is 7.62.